The van der Waals surface area contributed by atoms with Crippen molar-refractivity contribution in [2.24, 2.45) is 0 Å². The Morgan fingerprint density at radius 1 is 1.64 bits per heavy atom. The van der Waals surface area contributed by atoms with Crippen molar-refractivity contribution in [3.63, 3.8) is 0 Å². The predicted molar refractivity (Wildman–Crippen MR) is 51.2 cm³/mol. The largest absolute Gasteiger partial charge is 0.459 e. The van der Waals surface area contributed by atoms with Crippen LogP contribution in [-0.2, 0) is 19.1 Å². The molecule has 4 nitrogen and oxygen atoms in total. The molecule has 0 saturated heterocycles. The lowest BCUT2D eigenvalue weighted by Gasteiger charge is -2.12. The van der Waals surface area contributed by atoms with E-state index in [4.69, 9.17) is 4.74 Å². The summed E-state index contributed by atoms with van der Waals surface area (Å²) in [5.41, 5.74) is 0. The van der Waals surface area contributed by atoms with Crippen LogP contribution in [0.2, 0.25) is 0 Å². The van der Waals surface area contributed by atoms with Crippen LogP contribution in [0.15, 0.2) is 12.7 Å². The van der Waals surface area contributed by atoms with E-state index in [1.807, 2.05) is 6.92 Å². The van der Waals surface area contributed by atoms with Crippen LogP contribution in [0.5, 0.6) is 0 Å². The zero-order valence-corrected chi connectivity index (χ0v) is 8.32. The van der Waals surface area contributed by atoms with Gasteiger partial charge in [-0.3, -0.25) is 0 Å². The summed E-state index contributed by atoms with van der Waals surface area (Å²) in [5, 5.41) is 0. The van der Waals surface area contributed by atoms with E-state index >= 15 is 0 Å². The summed E-state index contributed by atoms with van der Waals surface area (Å²) >= 11 is 0. The van der Waals surface area contributed by atoms with Crippen LogP contribution in [0.25, 0.3) is 0 Å². The molecular formula is C10H15O4. The highest BCUT2D eigenvalue weighted by molar-refractivity contribution is 5.75. The molecule has 0 aromatic heterocycles. The molecule has 1 radical (unpaired) electrons. The Hall–Kier alpha value is -1.32. The molecule has 0 bridgehead atoms. The van der Waals surface area contributed by atoms with Crippen molar-refractivity contribution in [2.45, 2.75) is 32.3 Å². The lowest BCUT2D eigenvalue weighted by molar-refractivity contribution is -0.151. The summed E-state index contributed by atoms with van der Waals surface area (Å²) in [5.74, 6) is -0.540. The number of hydrogen-bond acceptors (Lipinski definition) is 4. The third kappa shape index (κ3) is 5.35. The standard InChI is InChI=1S/C10H15O4/c1-3-5-6-9(14-8-11)10(12)13-7-4-2/h4,9H,2-3,5-7H2,1H3. The SMILES string of the molecule is C=CCOC(=O)C(CCCC)O[C]=O. The maximum absolute atomic E-state index is 11.2. The van der Waals surface area contributed by atoms with E-state index in [2.05, 4.69) is 11.3 Å². The zero-order valence-electron chi connectivity index (χ0n) is 8.32. The fourth-order valence-electron chi connectivity index (χ4n) is 0.906. The molecule has 0 aliphatic carbocycles. The van der Waals surface area contributed by atoms with Crippen molar-refractivity contribution < 1.29 is 19.1 Å². The van der Waals surface area contributed by atoms with Crippen LogP contribution >= 0.6 is 0 Å². The van der Waals surface area contributed by atoms with Gasteiger partial charge >= 0.3 is 12.4 Å². The molecule has 0 amide bonds. The Balaban J connectivity index is 3.95. The van der Waals surface area contributed by atoms with Gasteiger partial charge in [0.1, 0.15) is 6.61 Å². The van der Waals surface area contributed by atoms with Crippen molar-refractivity contribution in [2.75, 3.05) is 6.61 Å². The van der Waals surface area contributed by atoms with Gasteiger partial charge in [-0.15, -0.1) is 0 Å². The minimum Gasteiger partial charge on any atom is -0.459 e. The van der Waals surface area contributed by atoms with Crippen LogP contribution in [0.1, 0.15) is 26.2 Å². The summed E-state index contributed by atoms with van der Waals surface area (Å²) < 4.78 is 9.23. The smallest absolute Gasteiger partial charge is 0.418 e. The molecule has 79 valence electrons. The van der Waals surface area contributed by atoms with Crippen molar-refractivity contribution in [1.82, 2.24) is 0 Å². The van der Waals surface area contributed by atoms with Crippen LogP contribution < -0.4 is 0 Å². The topological polar surface area (TPSA) is 52.6 Å². The summed E-state index contributed by atoms with van der Waals surface area (Å²) in [6, 6.07) is 0. The molecule has 0 saturated carbocycles. The number of carbonyl (C=O) groups is 1. The molecule has 0 aliphatic heterocycles. The van der Waals surface area contributed by atoms with Gasteiger partial charge in [-0.2, -0.15) is 0 Å². The molecule has 0 rings (SSSR count). The first-order valence-corrected chi connectivity index (χ1v) is 4.56. The average molecular weight is 199 g/mol. The van der Waals surface area contributed by atoms with E-state index in [0.717, 1.165) is 12.8 Å². The van der Waals surface area contributed by atoms with Gasteiger partial charge in [0.05, 0.1) is 0 Å². The van der Waals surface area contributed by atoms with Gasteiger partial charge in [-0.1, -0.05) is 26.0 Å². The van der Waals surface area contributed by atoms with Crippen LogP contribution in [-0.4, -0.2) is 25.2 Å². The Bertz CT molecular complexity index is 189. The van der Waals surface area contributed by atoms with Crippen molar-refractivity contribution >= 4 is 12.4 Å². The fraction of sp³-hybridized carbons (Fsp3) is 0.600. The number of hydrogen-bond donors (Lipinski definition) is 0. The first-order chi connectivity index (χ1) is 6.76. The monoisotopic (exact) mass is 199 g/mol. The van der Waals surface area contributed by atoms with E-state index in [-0.39, 0.29) is 6.61 Å². The lowest BCUT2D eigenvalue weighted by Crippen LogP contribution is -2.26. The van der Waals surface area contributed by atoms with E-state index < -0.39 is 12.1 Å². The van der Waals surface area contributed by atoms with Crippen molar-refractivity contribution in [1.29, 1.82) is 0 Å². The summed E-state index contributed by atoms with van der Waals surface area (Å²) in [6.45, 7) is 6.77. The molecule has 1 unspecified atom stereocenters. The van der Waals surface area contributed by atoms with E-state index in [0.29, 0.717) is 6.42 Å². The highest BCUT2D eigenvalue weighted by Gasteiger charge is 2.20. The lowest BCUT2D eigenvalue weighted by atomic mass is 10.1. The molecule has 4 heteroatoms. The molecule has 14 heavy (non-hydrogen) atoms. The first-order valence-electron chi connectivity index (χ1n) is 4.56. The van der Waals surface area contributed by atoms with E-state index in [1.54, 1.807) is 0 Å². The number of carbonyl (C=O) groups excluding carboxylic acids is 2. The van der Waals surface area contributed by atoms with Gasteiger partial charge < -0.3 is 9.47 Å². The minimum absolute atomic E-state index is 0.129. The molecule has 0 aromatic carbocycles. The summed E-state index contributed by atoms with van der Waals surface area (Å²) in [4.78, 5) is 21.2. The number of unbranched alkanes of at least 4 members (excludes halogenated alkanes) is 1. The van der Waals surface area contributed by atoms with Gasteiger partial charge in [0.25, 0.3) is 0 Å². The third-order valence-electron chi connectivity index (χ3n) is 1.62. The Morgan fingerprint density at radius 2 is 2.36 bits per heavy atom. The van der Waals surface area contributed by atoms with Gasteiger partial charge in [-0.25, -0.2) is 9.59 Å². The molecular weight excluding hydrogens is 184 g/mol. The van der Waals surface area contributed by atoms with Crippen molar-refractivity contribution in [3.05, 3.63) is 12.7 Å². The fourth-order valence-corrected chi connectivity index (χ4v) is 0.906. The molecule has 0 fully saturated rings. The van der Waals surface area contributed by atoms with Gasteiger partial charge in [0.15, 0.2) is 6.10 Å². The third-order valence-corrected chi connectivity index (χ3v) is 1.62. The maximum atomic E-state index is 11.2. The van der Waals surface area contributed by atoms with E-state index in [1.165, 1.54) is 12.5 Å². The first kappa shape index (κ1) is 12.7. The van der Waals surface area contributed by atoms with Gasteiger partial charge in [0.2, 0.25) is 0 Å². The normalized spacial score (nSPS) is 11.5. The highest BCUT2D eigenvalue weighted by Crippen LogP contribution is 2.06. The molecule has 0 aliphatic rings. The zero-order chi connectivity index (χ0) is 10.8. The second kappa shape index (κ2) is 8.29. The maximum Gasteiger partial charge on any atom is 0.418 e. The van der Waals surface area contributed by atoms with Crippen molar-refractivity contribution in [3.8, 4) is 0 Å². The summed E-state index contributed by atoms with van der Waals surface area (Å²) in [7, 11) is 0. The number of rotatable bonds is 8. The average Bonchev–Trinajstić information content (AvgIpc) is 2.20. The molecule has 0 heterocycles. The van der Waals surface area contributed by atoms with Gasteiger partial charge in [-0.05, 0) is 12.8 Å². The van der Waals surface area contributed by atoms with Crippen LogP contribution in [0.4, 0.5) is 0 Å². The second-order valence-electron chi connectivity index (χ2n) is 2.75. The molecule has 0 N–H and O–H groups in total. The number of esters is 1. The highest BCUT2D eigenvalue weighted by atomic mass is 16.6. The quantitative estimate of drug-likeness (QED) is 0.437. The Kier molecular flexibility index (Phi) is 7.50. The minimum atomic E-state index is -0.826. The van der Waals surface area contributed by atoms with E-state index in [9.17, 15) is 9.59 Å². The number of ether oxygens (including phenoxy) is 2. The van der Waals surface area contributed by atoms with Crippen LogP contribution in [0, 0.1) is 0 Å². The van der Waals surface area contributed by atoms with Crippen LogP contribution in [0.3, 0.4) is 0 Å². The Morgan fingerprint density at radius 3 is 2.86 bits per heavy atom. The second-order valence-corrected chi connectivity index (χ2v) is 2.75. The molecule has 0 aromatic rings. The molecule has 1 atom stereocenters. The van der Waals surface area contributed by atoms with Gasteiger partial charge in [0, 0.05) is 0 Å². The predicted octanol–water partition coefficient (Wildman–Crippen LogP) is 1.36. The Labute approximate surface area is 83.9 Å². The molecule has 0 spiro atoms. The summed E-state index contributed by atoms with van der Waals surface area (Å²) in [6.07, 6.45) is 2.83.